The van der Waals surface area contributed by atoms with Crippen molar-refractivity contribution in [3.63, 3.8) is 0 Å². The fourth-order valence-corrected chi connectivity index (χ4v) is 5.23. The third-order valence-electron chi connectivity index (χ3n) is 5.54. The van der Waals surface area contributed by atoms with Gasteiger partial charge in [0.05, 0.1) is 0 Å². The van der Waals surface area contributed by atoms with Gasteiger partial charge in [-0.05, 0) is 37.0 Å². The van der Waals surface area contributed by atoms with Crippen LogP contribution >= 0.6 is 0 Å². The zero-order valence-electron chi connectivity index (χ0n) is 16.0. The number of hydrogen-bond donors (Lipinski definition) is 0. The molecule has 4 heterocycles. The first-order valence-corrected chi connectivity index (χ1v) is 10.7. The van der Waals surface area contributed by atoms with Gasteiger partial charge in [-0.1, -0.05) is 6.07 Å². The van der Waals surface area contributed by atoms with Crippen LogP contribution in [0.2, 0.25) is 0 Å². The van der Waals surface area contributed by atoms with E-state index in [1.165, 1.54) is 8.61 Å². The Morgan fingerprint density at radius 3 is 2.57 bits per heavy atom. The largest absolute Gasteiger partial charge is 0.334 e. The molecule has 3 fully saturated rings. The van der Waals surface area contributed by atoms with E-state index in [4.69, 9.17) is 0 Å². The summed E-state index contributed by atoms with van der Waals surface area (Å²) in [5.74, 6) is 0.0900. The van der Waals surface area contributed by atoms with Crippen LogP contribution in [0, 0.1) is 5.92 Å². The molecular formula is C18H24N6O3S. The molecule has 2 atom stereocenters. The van der Waals surface area contributed by atoms with Crippen molar-refractivity contribution in [3.05, 3.63) is 42.5 Å². The summed E-state index contributed by atoms with van der Waals surface area (Å²) in [6, 6.07) is 7.23. The van der Waals surface area contributed by atoms with E-state index < -0.39 is 10.2 Å². The molecule has 0 saturated carbocycles. The highest BCUT2D eigenvalue weighted by molar-refractivity contribution is 7.86. The van der Waals surface area contributed by atoms with E-state index in [1.807, 2.05) is 23.1 Å². The first-order chi connectivity index (χ1) is 13.4. The van der Waals surface area contributed by atoms with Crippen molar-refractivity contribution in [2.75, 3.05) is 33.7 Å². The Labute approximate surface area is 164 Å². The smallest absolute Gasteiger partial charge is 0.281 e. The molecule has 2 aromatic rings. The molecule has 0 spiro atoms. The van der Waals surface area contributed by atoms with Crippen LogP contribution in [0.4, 0.5) is 0 Å². The Kier molecular flexibility index (Phi) is 4.94. The van der Waals surface area contributed by atoms with Gasteiger partial charge >= 0.3 is 0 Å². The van der Waals surface area contributed by atoms with Crippen molar-refractivity contribution >= 4 is 16.1 Å². The van der Waals surface area contributed by atoms with Crippen LogP contribution in [0.5, 0.6) is 0 Å². The van der Waals surface area contributed by atoms with Gasteiger partial charge in [0.25, 0.3) is 16.1 Å². The SMILES string of the molecule is CN(C)S(=O)(=O)N1C[C@H]2CC[C@@H](C1)N(C(=O)c1cccc(-n3cnnc3)c1)C2. The molecule has 0 unspecified atom stereocenters. The lowest BCUT2D eigenvalue weighted by molar-refractivity contribution is 0.0588. The highest BCUT2D eigenvalue weighted by Crippen LogP contribution is 2.31. The zero-order valence-corrected chi connectivity index (χ0v) is 16.8. The van der Waals surface area contributed by atoms with Gasteiger partial charge < -0.3 is 4.90 Å². The van der Waals surface area contributed by atoms with Crippen molar-refractivity contribution in [3.8, 4) is 5.69 Å². The van der Waals surface area contributed by atoms with Gasteiger partial charge in [0.15, 0.2) is 0 Å². The first-order valence-electron chi connectivity index (χ1n) is 9.30. The van der Waals surface area contributed by atoms with Gasteiger partial charge in [-0.15, -0.1) is 10.2 Å². The highest BCUT2D eigenvalue weighted by Gasteiger charge is 2.41. The average Bonchev–Trinajstić information content (AvgIpc) is 3.07. The highest BCUT2D eigenvalue weighted by atomic mass is 32.2. The minimum absolute atomic E-state index is 0.0614. The predicted octanol–water partition coefficient (Wildman–Crippen LogP) is 0.610. The summed E-state index contributed by atoms with van der Waals surface area (Å²) < 4.78 is 29.7. The maximum atomic E-state index is 13.3. The standard InChI is InChI=1S/C18H24N6O3S/c1-21(2)28(26,27)23-9-14-6-7-17(11-23)24(10-14)18(25)15-4-3-5-16(8-15)22-12-19-20-13-22/h3-5,8,12-14,17H,6-7,9-11H2,1-2H3/t14-,17+/m1/s1. The Morgan fingerprint density at radius 2 is 1.86 bits per heavy atom. The molecule has 9 nitrogen and oxygen atoms in total. The molecule has 28 heavy (non-hydrogen) atoms. The topological polar surface area (TPSA) is 91.6 Å². The molecule has 0 radical (unpaired) electrons. The quantitative estimate of drug-likeness (QED) is 0.745. The number of nitrogens with zero attached hydrogens (tertiary/aromatic N) is 6. The molecule has 5 rings (SSSR count). The Balaban J connectivity index is 1.59. The number of carbonyl (C=O) groups is 1. The van der Waals surface area contributed by atoms with E-state index in [-0.39, 0.29) is 17.9 Å². The summed E-state index contributed by atoms with van der Waals surface area (Å²) in [5, 5.41) is 7.61. The summed E-state index contributed by atoms with van der Waals surface area (Å²) >= 11 is 0. The zero-order chi connectivity index (χ0) is 19.9. The predicted molar refractivity (Wildman–Crippen MR) is 103 cm³/mol. The Bertz CT molecular complexity index is 959. The fraction of sp³-hybridized carbons (Fsp3) is 0.500. The molecule has 1 aromatic heterocycles. The summed E-state index contributed by atoms with van der Waals surface area (Å²) in [4.78, 5) is 15.1. The normalized spacial score (nSPS) is 23.2. The van der Waals surface area contributed by atoms with E-state index in [0.717, 1.165) is 18.5 Å². The van der Waals surface area contributed by atoms with Gasteiger partial charge in [-0.2, -0.15) is 17.0 Å². The van der Waals surface area contributed by atoms with E-state index in [0.29, 0.717) is 25.2 Å². The average molecular weight is 404 g/mol. The first kappa shape index (κ1) is 19.0. The molecule has 1 amide bonds. The number of piperidine rings is 1. The number of aromatic nitrogens is 3. The Morgan fingerprint density at radius 1 is 1.11 bits per heavy atom. The second kappa shape index (κ2) is 7.26. The van der Waals surface area contributed by atoms with Crippen molar-refractivity contribution in [1.29, 1.82) is 0 Å². The number of rotatable bonds is 4. The number of carbonyl (C=O) groups excluding carboxylic acids is 1. The lowest BCUT2D eigenvalue weighted by atomic mass is 9.94. The lowest BCUT2D eigenvalue weighted by Gasteiger charge is -2.36. The van der Waals surface area contributed by atoms with Crippen LogP contribution in [0.1, 0.15) is 23.2 Å². The van der Waals surface area contributed by atoms with Gasteiger partial charge in [0.2, 0.25) is 0 Å². The number of fused-ring (bicyclic) bond motifs is 4. The maximum absolute atomic E-state index is 13.3. The number of benzene rings is 1. The van der Waals surface area contributed by atoms with Gasteiger partial charge in [-0.3, -0.25) is 9.36 Å². The molecule has 150 valence electrons. The van der Waals surface area contributed by atoms with Gasteiger partial charge in [-0.25, -0.2) is 0 Å². The number of hydrogen-bond acceptors (Lipinski definition) is 5. The molecule has 2 bridgehead atoms. The van der Waals surface area contributed by atoms with E-state index >= 15 is 0 Å². The van der Waals surface area contributed by atoms with Crippen LogP contribution < -0.4 is 0 Å². The molecule has 3 saturated heterocycles. The van der Waals surface area contributed by atoms with Gasteiger partial charge in [0.1, 0.15) is 12.7 Å². The van der Waals surface area contributed by atoms with E-state index in [2.05, 4.69) is 10.2 Å². The van der Waals surface area contributed by atoms with Crippen LogP contribution in [0.25, 0.3) is 5.69 Å². The van der Waals surface area contributed by atoms with Gasteiger partial charge in [0, 0.05) is 51.0 Å². The third-order valence-corrected chi connectivity index (χ3v) is 7.41. The molecule has 0 N–H and O–H groups in total. The van der Waals surface area contributed by atoms with E-state index in [9.17, 15) is 13.2 Å². The fourth-order valence-electron chi connectivity index (χ4n) is 4.01. The lowest BCUT2D eigenvalue weighted by Crippen LogP contribution is -2.48. The summed E-state index contributed by atoms with van der Waals surface area (Å²) in [6.07, 6.45) is 4.93. The molecular weight excluding hydrogens is 380 g/mol. The van der Waals surface area contributed by atoms with Crippen LogP contribution in [-0.4, -0.2) is 82.4 Å². The summed E-state index contributed by atoms with van der Waals surface area (Å²) in [5.41, 5.74) is 1.40. The minimum Gasteiger partial charge on any atom is -0.334 e. The van der Waals surface area contributed by atoms with Crippen LogP contribution in [-0.2, 0) is 10.2 Å². The number of amides is 1. The van der Waals surface area contributed by atoms with Crippen LogP contribution in [0.15, 0.2) is 36.9 Å². The molecule has 0 aliphatic carbocycles. The summed E-state index contributed by atoms with van der Waals surface area (Å²) in [6.45, 7) is 1.38. The van der Waals surface area contributed by atoms with Crippen molar-refractivity contribution in [2.24, 2.45) is 5.92 Å². The van der Waals surface area contributed by atoms with E-state index in [1.54, 1.807) is 37.4 Å². The third kappa shape index (κ3) is 3.43. The molecule has 3 aliphatic heterocycles. The Hall–Kier alpha value is -2.30. The van der Waals surface area contributed by atoms with Crippen LogP contribution in [0.3, 0.4) is 0 Å². The van der Waals surface area contributed by atoms with Crippen molar-refractivity contribution in [2.45, 2.75) is 18.9 Å². The van der Waals surface area contributed by atoms with Crippen molar-refractivity contribution < 1.29 is 13.2 Å². The maximum Gasteiger partial charge on any atom is 0.281 e. The minimum atomic E-state index is -3.49. The molecule has 3 aliphatic rings. The second-order valence-electron chi connectivity index (χ2n) is 7.58. The second-order valence-corrected chi connectivity index (χ2v) is 9.72. The monoisotopic (exact) mass is 404 g/mol. The van der Waals surface area contributed by atoms with Crippen molar-refractivity contribution in [1.82, 2.24) is 28.3 Å². The molecule has 10 heteroatoms. The molecule has 1 aromatic carbocycles. The summed E-state index contributed by atoms with van der Waals surface area (Å²) in [7, 11) is -0.401.